The van der Waals surface area contributed by atoms with E-state index in [4.69, 9.17) is 16.3 Å². The number of hydrogen-bond donors (Lipinski definition) is 1. The average molecular weight is 309 g/mol. The molecule has 3 aliphatic heterocycles. The molecule has 0 amide bonds. The second-order valence-electron chi connectivity index (χ2n) is 5.77. The van der Waals surface area contributed by atoms with Crippen molar-refractivity contribution in [2.75, 3.05) is 32.0 Å². The summed E-state index contributed by atoms with van der Waals surface area (Å²) in [7, 11) is 1.73. The molecule has 3 fully saturated rings. The highest BCUT2D eigenvalue weighted by Crippen LogP contribution is 2.29. The molecule has 3 saturated heterocycles. The summed E-state index contributed by atoms with van der Waals surface area (Å²) in [5, 5.41) is 3.80. The van der Waals surface area contributed by atoms with Crippen molar-refractivity contribution in [2.45, 2.75) is 25.9 Å². The molecule has 0 aromatic carbocycles. The SMILES string of the molecule is CN=C(Nc1cc(C)c(Cl)cn1)O[C@H]1CN2CCC1CC2. The van der Waals surface area contributed by atoms with Gasteiger partial charge in [-0.25, -0.2) is 9.98 Å². The highest BCUT2D eigenvalue weighted by Gasteiger charge is 2.36. The van der Waals surface area contributed by atoms with Crippen molar-refractivity contribution in [1.29, 1.82) is 0 Å². The maximum atomic E-state index is 6.07. The minimum atomic E-state index is 0.229. The van der Waals surface area contributed by atoms with Gasteiger partial charge in [0.2, 0.25) is 0 Å². The molecule has 1 aromatic heterocycles. The molecule has 21 heavy (non-hydrogen) atoms. The third kappa shape index (κ3) is 3.30. The van der Waals surface area contributed by atoms with Crippen molar-refractivity contribution in [3.8, 4) is 0 Å². The van der Waals surface area contributed by atoms with E-state index in [1.54, 1.807) is 13.2 Å². The van der Waals surface area contributed by atoms with E-state index in [-0.39, 0.29) is 6.10 Å². The number of aliphatic imine (C=N–C) groups is 1. The molecule has 0 aliphatic carbocycles. The summed E-state index contributed by atoms with van der Waals surface area (Å²) in [4.78, 5) is 10.9. The molecule has 0 spiro atoms. The molecule has 2 bridgehead atoms. The van der Waals surface area contributed by atoms with E-state index in [1.807, 2.05) is 13.0 Å². The van der Waals surface area contributed by atoms with Crippen molar-refractivity contribution >= 4 is 23.4 Å². The summed E-state index contributed by atoms with van der Waals surface area (Å²) in [5.74, 6) is 1.35. The predicted octanol–water partition coefficient (Wildman–Crippen LogP) is 2.55. The predicted molar refractivity (Wildman–Crippen MR) is 85.0 cm³/mol. The number of pyridine rings is 1. The first-order valence-electron chi connectivity index (χ1n) is 7.40. The highest BCUT2D eigenvalue weighted by atomic mass is 35.5. The Morgan fingerprint density at radius 2 is 2.24 bits per heavy atom. The lowest BCUT2D eigenvalue weighted by Crippen LogP contribution is -2.52. The molecular weight excluding hydrogens is 288 g/mol. The van der Waals surface area contributed by atoms with Crippen LogP contribution in [-0.4, -0.2) is 48.7 Å². The molecule has 3 aliphatic rings. The minimum absolute atomic E-state index is 0.229. The molecule has 4 heterocycles. The fourth-order valence-electron chi connectivity index (χ4n) is 3.04. The largest absolute Gasteiger partial charge is 0.460 e. The fraction of sp³-hybridized carbons (Fsp3) is 0.600. The average Bonchev–Trinajstić information content (AvgIpc) is 2.51. The van der Waals surface area contributed by atoms with Gasteiger partial charge in [0.15, 0.2) is 0 Å². The number of hydrogen-bond acceptors (Lipinski definition) is 4. The van der Waals surface area contributed by atoms with Gasteiger partial charge >= 0.3 is 0 Å². The number of anilines is 1. The van der Waals surface area contributed by atoms with Crippen molar-refractivity contribution in [3.63, 3.8) is 0 Å². The molecular formula is C15H21ClN4O. The Kier molecular flexibility index (Phi) is 4.31. The molecule has 0 unspecified atom stereocenters. The quantitative estimate of drug-likeness (QED) is 0.674. The van der Waals surface area contributed by atoms with Crippen molar-refractivity contribution in [2.24, 2.45) is 10.9 Å². The maximum Gasteiger partial charge on any atom is 0.290 e. The van der Waals surface area contributed by atoms with Crippen molar-refractivity contribution < 1.29 is 4.74 Å². The number of aromatic nitrogens is 1. The van der Waals surface area contributed by atoms with E-state index < -0.39 is 0 Å². The summed E-state index contributed by atoms with van der Waals surface area (Å²) in [6.45, 7) is 5.35. The van der Waals surface area contributed by atoms with E-state index >= 15 is 0 Å². The Morgan fingerprint density at radius 1 is 1.48 bits per heavy atom. The molecule has 6 heteroatoms. The molecule has 1 atom stereocenters. The number of fused-ring (bicyclic) bond motifs is 3. The highest BCUT2D eigenvalue weighted by molar-refractivity contribution is 6.31. The maximum absolute atomic E-state index is 6.07. The Bertz CT molecular complexity index is 540. The normalized spacial score (nSPS) is 28.5. The van der Waals surface area contributed by atoms with Crippen LogP contribution in [0.1, 0.15) is 18.4 Å². The van der Waals surface area contributed by atoms with Crippen LogP contribution in [0.5, 0.6) is 0 Å². The smallest absolute Gasteiger partial charge is 0.290 e. The van der Waals surface area contributed by atoms with Gasteiger partial charge in [0.1, 0.15) is 11.9 Å². The standard InChI is InChI=1S/C15H21ClN4O/c1-10-7-14(18-8-12(10)16)19-15(17-2)21-13-9-20-5-3-11(13)4-6-20/h7-8,11,13H,3-6,9H2,1-2H3,(H,17,18,19)/t13-/m0/s1. The Labute approximate surface area is 130 Å². The van der Waals surface area contributed by atoms with Crippen LogP contribution in [0.2, 0.25) is 5.02 Å². The minimum Gasteiger partial charge on any atom is -0.460 e. The third-order valence-electron chi connectivity index (χ3n) is 4.34. The van der Waals surface area contributed by atoms with E-state index in [0.29, 0.717) is 22.8 Å². The number of halogens is 1. The van der Waals surface area contributed by atoms with Gasteiger partial charge < -0.3 is 4.74 Å². The Hall–Kier alpha value is -1.33. The number of amidine groups is 1. The first-order valence-corrected chi connectivity index (χ1v) is 7.78. The summed E-state index contributed by atoms with van der Waals surface area (Å²) >= 11 is 5.99. The lowest BCUT2D eigenvalue weighted by atomic mass is 9.86. The molecule has 5 nitrogen and oxygen atoms in total. The Morgan fingerprint density at radius 3 is 2.81 bits per heavy atom. The van der Waals surface area contributed by atoms with Crippen LogP contribution >= 0.6 is 11.6 Å². The van der Waals surface area contributed by atoms with Crippen molar-refractivity contribution in [1.82, 2.24) is 9.88 Å². The van der Waals surface area contributed by atoms with Crippen LogP contribution in [0.15, 0.2) is 17.3 Å². The number of piperidine rings is 3. The third-order valence-corrected chi connectivity index (χ3v) is 4.74. The monoisotopic (exact) mass is 308 g/mol. The van der Waals surface area contributed by atoms with Gasteiger partial charge in [-0.15, -0.1) is 0 Å². The summed E-state index contributed by atoms with van der Waals surface area (Å²) < 4.78 is 6.07. The zero-order valence-corrected chi connectivity index (χ0v) is 13.2. The summed E-state index contributed by atoms with van der Waals surface area (Å²) in [6, 6.07) is 2.43. The van der Waals surface area contributed by atoms with Gasteiger partial charge in [-0.05, 0) is 50.4 Å². The van der Waals surface area contributed by atoms with Crippen molar-refractivity contribution in [3.05, 3.63) is 22.8 Å². The molecule has 0 radical (unpaired) electrons. The molecule has 114 valence electrons. The lowest BCUT2D eigenvalue weighted by Gasteiger charge is -2.44. The Balaban J connectivity index is 1.64. The van der Waals surface area contributed by atoms with Gasteiger partial charge in [-0.2, -0.15) is 0 Å². The zero-order valence-electron chi connectivity index (χ0n) is 12.5. The van der Waals surface area contributed by atoms with E-state index in [2.05, 4.69) is 20.2 Å². The number of ether oxygens (including phenoxy) is 1. The van der Waals surface area contributed by atoms with Crippen LogP contribution in [-0.2, 0) is 4.74 Å². The van der Waals surface area contributed by atoms with Gasteiger partial charge in [0.05, 0.1) is 5.02 Å². The second kappa shape index (κ2) is 6.20. The van der Waals surface area contributed by atoms with Gasteiger partial charge in [-0.3, -0.25) is 10.2 Å². The molecule has 0 saturated carbocycles. The van der Waals surface area contributed by atoms with E-state index in [9.17, 15) is 0 Å². The number of rotatable bonds is 2. The van der Waals surface area contributed by atoms with Crippen LogP contribution < -0.4 is 5.32 Å². The van der Waals surface area contributed by atoms with E-state index in [1.165, 1.54) is 25.9 Å². The second-order valence-corrected chi connectivity index (χ2v) is 6.17. The zero-order chi connectivity index (χ0) is 14.8. The number of nitrogens with one attached hydrogen (secondary N) is 1. The lowest BCUT2D eigenvalue weighted by molar-refractivity contribution is -0.0146. The molecule has 1 N–H and O–H groups in total. The topological polar surface area (TPSA) is 49.8 Å². The van der Waals surface area contributed by atoms with Gasteiger partial charge in [0, 0.05) is 19.8 Å². The number of nitrogens with zero attached hydrogens (tertiary/aromatic N) is 3. The van der Waals surface area contributed by atoms with Crippen LogP contribution in [0.3, 0.4) is 0 Å². The first-order chi connectivity index (χ1) is 10.2. The summed E-state index contributed by atoms with van der Waals surface area (Å²) in [6.07, 6.45) is 4.31. The number of aryl methyl sites for hydroxylation is 1. The van der Waals surface area contributed by atoms with Gasteiger partial charge in [-0.1, -0.05) is 11.6 Å². The molecule has 1 aromatic rings. The van der Waals surface area contributed by atoms with E-state index in [0.717, 1.165) is 12.1 Å². The van der Waals surface area contributed by atoms with Gasteiger partial charge in [0.25, 0.3) is 6.02 Å². The van der Waals surface area contributed by atoms with Crippen LogP contribution in [0.25, 0.3) is 0 Å². The summed E-state index contributed by atoms with van der Waals surface area (Å²) in [5.41, 5.74) is 0.979. The molecule has 4 rings (SSSR count). The van der Waals surface area contributed by atoms with Crippen LogP contribution in [0, 0.1) is 12.8 Å². The fourth-order valence-corrected chi connectivity index (χ4v) is 3.15. The first kappa shape index (κ1) is 14.6. The van der Waals surface area contributed by atoms with Crippen LogP contribution in [0.4, 0.5) is 5.82 Å².